The Morgan fingerprint density at radius 1 is 1.29 bits per heavy atom. The number of alkyl halides is 3. The Bertz CT molecular complexity index is 155. The van der Waals surface area contributed by atoms with Crippen molar-refractivity contribution >= 4 is 0 Å². The van der Waals surface area contributed by atoms with E-state index in [1.165, 1.54) is 6.42 Å². The maximum Gasteiger partial charge on any atom is 0.411 e. The predicted molar refractivity (Wildman–Crippen MR) is 47.1 cm³/mol. The van der Waals surface area contributed by atoms with Crippen LogP contribution in [0.4, 0.5) is 13.2 Å². The Kier molecular flexibility index (Phi) is 4.68. The van der Waals surface area contributed by atoms with Crippen molar-refractivity contribution in [3.05, 3.63) is 0 Å². The van der Waals surface area contributed by atoms with Gasteiger partial charge in [-0.25, -0.2) is 0 Å². The first-order chi connectivity index (χ1) is 6.58. The number of piperidine rings is 1. The van der Waals surface area contributed by atoms with Crippen LogP contribution in [0.3, 0.4) is 0 Å². The molecular formula is C9H16F3NO. The van der Waals surface area contributed by atoms with Crippen molar-refractivity contribution in [2.75, 3.05) is 19.8 Å². The molecule has 0 bridgehead atoms. The maximum atomic E-state index is 11.7. The highest BCUT2D eigenvalue weighted by Crippen LogP contribution is 2.15. The molecule has 14 heavy (non-hydrogen) atoms. The molecule has 1 aliphatic heterocycles. The van der Waals surface area contributed by atoms with Gasteiger partial charge in [-0.15, -0.1) is 0 Å². The summed E-state index contributed by atoms with van der Waals surface area (Å²) in [4.78, 5) is 0. The molecule has 0 aromatic carbocycles. The van der Waals surface area contributed by atoms with E-state index in [-0.39, 0.29) is 6.61 Å². The lowest BCUT2D eigenvalue weighted by atomic mass is 10.0. The molecule has 1 heterocycles. The normalized spacial score (nSPS) is 23.8. The van der Waals surface area contributed by atoms with Crippen molar-refractivity contribution < 1.29 is 17.9 Å². The van der Waals surface area contributed by atoms with E-state index < -0.39 is 12.8 Å². The summed E-state index contributed by atoms with van der Waals surface area (Å²) in [6, 6.07) is 0.344. The summed E-state index contributed by atoms with van der Waals surface area (Å²) in [6.45, 7) is 0.0425. The lowest BCUT2D eigenvalue weighted by Gasteiger charge is -2.23. The fraction of sp³-hybridized carbons (Fsp3) is 1.00. The number of halogens is 3. The third-order valence-electron chi connectivity index (χ3n) is 2.29. The molecule has 0 amide bonds. The first kappa shape index (κ1) is 11.8. The van der Waals surface area contributed by atoms with Crippen LogP contribution in [0.1, 0.15) is 25.7 Å². The van der Waals surface area contributed by atoms with E-state index in [4.69, 9.17) is 0 Å². The van der Waals surface area contributed by atoms with Gasteiger partial charge in [0.25, 0.3) is 0 Å². The van der Waals surface area contributed by atoms with Crippen molar-refractivity contribution in [3.8, 4) is 0 Å². The monoisotopic (exact) mass is 211 g/mol. The average molecular weight is 211 g/mol. The van der Waals surface area contributed by atoms with E-state index in [2.05, 4.69) is 10.1 Å². The molecule has 1 atom stereocenters. The maximum absolute atomic E-state index is 11.7. The zero-order valence-corrected chi connectivity index (χ0v) is 8.07. The minimum Gasteiger partial charge on any atom is -0.372 e. The molecule has 0 saturated carbocycles. The molecule has 84 valence electrons. The van der Waals surface area contributed by atoms with E-state index in [1.54, 1.807) is 0 Å². The lowest BCUT2D eigenvalue weighted by Crippen LogP contribution is -2.35. The Balaban J connectivity index is 1.97. The topological polar surface area (TPSA) is 21.3 Å². The number of ether oxygens (including phenoxy) is 1. The smallest absolute Gasteiger partial charge is 0.372 e. The third-order valence-corrected chi connectivity index (χ3v) is 2.29. The second-order valence-electron chi connectivity index (χ2n) is 3.60. The average Bonchev–Trinajstić information content (AvgIpc) is 2.13. The summed E-state index contributed by atoms with van der Waals surface area (Å²) in [5.41, 5.74) is 0. The largest absolute Gasteiger partial charge is 0.411 e. The molecule has 2 nitrogen and oxygen atoms in total. The summed E-state index contributed by atoms with van der Waals surface area (Å²) < 4.78 is 39.6. The van der Waals surface area contributed by atoms with Crippen LogP contribution in [0.2, 0.25) is 0 Å². The summed E-state index contributed by atoms with van der Waals surface area (Å²) in [5, 5.41) is 3.26. The van der Waals surface area contributed by atoms with Gasteiger partial charge in [0.1, 0.15) is 6.61 Å². The van der Waals surface area contributed by atoms with Gasteiger partial charge >= 0.3 is 6.18 Å². The van der Waals surface area contributed by atoms with E-state index in [1.807, 2.05) is 0 Å². The van der Waals surface area contributed by atoms with Gasteiger partial charge in [0.2, 0.25) is 0 Å². The van der Waals surface area contributed by atoms with Gasteiger partial charge < -0.3 is 10.1 Å². The van der Waals surface area contributed by atoms with Crippen LogP contribution in [0.5, 0.6) is 0 Å². The van der Waals surface area contributed by atoms with Gasteiger partial charge in [-0.1, -0.05) is 6.42 Å². The zero-order chi connectivity index (χ0) is 10.4. The molecule has 5 heteroatoms. The quantitative estimate of drug-likeness (QED) is 0.719. The molecule has 1 fully saturated rings. The van der Waals surface area contributed by atoms with Crippen LogP contribution < -0.4 is 5.32 Å². The number of hydrogen-bond donors (Lipinski definition) is 1. The van der Waals surface area contributed by atoms with E-state index >= 15 is 0 Å². The third kappa shape index (κ3) is 5.44. The molecule has 0 aromatic rings. The van der Waals surface area contributed by atoms with Crippen molar-refractivity contribution in [3.63, 3.8) is 0 Å². The van der Waals surface area contributed by atoms with Gasteiger partial charge in [0, 0.05) is 12.6 Å². The predicted octanol–water partition coefficient (Wildman–Crippen LogP) is 2.10. The first-order valence-corrected chi connectivity index (χ1v) is 4.96. The minimum absolute atomic E-state index is 0.192. The van der Waals surface area contributed by atoms with Crippen molar-refractivity contribution in [1.82, 2.24) is 5.32 Å². The van der Waals surface area contributed by atoms with Crippen molar-refractivity contribution in [2.45, 2.75) is 37.9 Å². The van der Waals surface area contributed by atoms with E-state index in [0.717, 1.165) is 19.4 Å². The highest BCUT2D eigenvalue weighted by Gasteiger charge is 2.27. The van der Waals surface area contributed by atoms with Gasteiger partial charge in [0.05, 0.1) is 0 Å². The van der Waals surface area contributed by atoms with Gasteiger partial charge in [-0.05, 0) is 25.8 Å². The van der Waals surface area contributed by atoms with Crippen molar-refractivity contribution in [2.24, 2.45) is 0 Å². The molecule has 0 radical (unpaired) electrons. The van der Waals surface area contributed by atoms with Crippen LogP contribution in [0.15, 0.2) is 0 Å². The highest BCUT2D eigenvalue weighted by molar-refractivity contribution is 4.71. The number of hydrogen-bond acceptors (Lipinski definition) is 2. The molecule has 0 aromatic heterocycles. The SMILES string of the molecule is FC(F)(F)COCC[C@H]1CCCCN1. The molecule has 1 saturated heterocycles. The standard InChI is InChI=1S/C9H16F3NO/c10-9(11,12)7-14-6-4-8-3-1-2-5-13-8/h8,13H,1-7H2/t8-/m1/s1. The van der Waals surface area contributed by atoms with Crippen LogP contribution in [-0.2, 0) is 4.74 Å². The number of nitrogens with one attached hydrogen (secondary N) is 1. The second-order valence-corrected chi connectivity index (χ2v) is 3.60. The lowest BCUT2D eigenvalue weighted by molar-refractivity contribution is -0.174. The Morgan fingerprint density at radius 2 is 2.07 bits per heavy atom. The summed E-state index contributed by atoms with van der Waals surface area (Å²) in [6.07, 6.45) is -0.137. The zero-order valence-electron chi connectivity index (χ0n) is 8.07. The van der Waals surface area contributed by atoms with Gasteiger partial charge in [-0.2, -0.15) is 13.2 Å². The van der Waals surface area contributed by atoms with E-state index in [0.29, 0.717) is 12.5 Å². The van der Waals surface area contributed by atoms with Gasteiger partial charge in [-0.3, -0.25) is 0 Å². The first-order valence-electron chi connectivity index (χ1n) is 4.96. The van der Waals surface area contributed by atoms with Crippen molar-refractivity contribution in [1.29, 1.82) is 0 Å². The van der Waals surface area contributed by atoms with Crippen LogP contribution in [0, 0.1) is 0 Å². The molecule has 0 spiro atoms. The Labute approximate surface area is 81.8 Å². The molecule has 0 unspecified atom stereocenters. The summed E-state index contributed by atoms with van der Waals surface area (Å²) >= 11 is 0. The second kappa shape index (κ2) is 5.56. The van der Waals surface area contributed by atoms with Crippen LogP contribution in [-0.4, -0.2) is 32.0 Å². The molecule has 1 N–H and O–H groups in total. The molecule has 0 aliphatic carbocycles. The highest BCUT2D eigenvalue weighted by atomic mass is 19.4. The Hall–Kier alpha value is -0.290. The summed E-state index contributed by atoms with van der Waals surface area (Å²) in [5.74, 6) is 0. The molecule has 1 aliphatic rings. The fourth-order valence-corrected chi connectivity index (χ4v) is 1.58. The van der Waals surface area contributed by atoms with Crippen LogP contribution >= 0.6 is 0 Å². The summed E-state index contributed by atoms with van der Waals surface area (Å²) in [7, 11) is 0. The Morgan fingerprint density at radius 3 is 2.64 bits per heavy atom. The minimum atomic E-state index is -4.19. The van der Waals surface area contributed by atoms with E-state index in [9.17, 15) is 13.2 Å². The molecule has 1 rings (SSSR count). The fourth-order valence-electron chi connectivity index (χ4n) is 1.58. The van der Waals surface area contributed by atoms with Crippen LogP contribution in [0.25, 0.3) is 0 Å². The molecular weight excluding hydrogens is 195 g/mol. The number of rotatable bonds is 4. The van der Waals surface area contributed by atoms with Gasteiger partial charge in [0.15, 0.2) is 0 Å².